The molecule has 9 heteroatoms. The lowest BCUT2D eigenvalue weighted by atomic mass is 10.1. The van der Waals surface area contributed by atoms with Crippen molar-refractivity contribution in [2.45, 2.75) is 29.8 Å². The number of nitrogens with one attached hydrogen (secondary N) is 2. The van der Waals surface area contributed by atoms with Gasteiger partial charge >= 0.3 is 6.03 Å². The standard InChI is InChI=1S/C21H21N5O3S/c1-29-17-9-7-16(8-10-17)26-18(11-15-12-19(27)23-20(28)22-15)24-25-21(26)30-13-14-5-3-2-4-6-14/h2-10,15H,11-13H2,1H3,(H2,22,23,27,28). The Labute approximate surface area is 178 Å². The van der Waals surface area contributed by atoms with Crippen molar-refractivity contribution in [2.75, 3.05) is 7.11 Å². The molecule has 1 aromatic heterocycles. The zero-order chi connectivity index (χ0) is 20.9. The van der Waals surface area contributed by atoms with Crippen LogP contribution in [0.5, 0.6) is 5.75 Å². The first-order valence-electron chi connectivity index (χ1n) is 9.48. The number of carbonyl (C=O) groups excluding carboxylic acids is 2. The van der Waals surface area contributed by atoms with Crippen molar-refractivity contribution < 1.29 is 14.3 Å². The molecule has 4 rings (SSSR count). The number of carbonyl (C=O) groups is 2. The predicted octanol–water partition coefficient (Wildman–Crippen LogP) is 2.71. The van der Waals surface area contributed by atoms with Gasteiger partial charge in [0.25, 0.3) is 0 Å². The van der Waals surface area contributed by atoms with Crippen molar-refractivity contribution in [3.05, 3.63) is 66.0 Å². The highest BCUT2D eigenvalue weighted by atomic mass is 32.2. The number of ether oxygens (including phenoxy) is 1. The molecule has 2 aromatic carbocycles. The number of methoxy groups -OCH3 is 1. The van der Waals surface area contributed by atoms with Crippen LogP contribution in [-0.2, 0) is 17.0 Å². The first-order valence-corrected chi connectivity index (χ1v) is 10.5. The van der Waals surface area contributed by atoms with Gasteiger partial charge in [0.05, 0.1) is 7.11 Å². The topological polar surface area (TPSA) is 98.1 Å². The summed E-state index contributed by atoms with van der Waals surface area (Å²) in [4.78, 5) is 23.4. The van der Waals surface area contributed by atoms with Gasteiger partial charge in [-0.25, -0.2) is 4.79 Å². The molecule has 1 aliphatic rings. The van der Waals surface area contributed by atoms with Crippen LogP contribution < -0.4 is 15.4 Å². The molecular weight excluding hydrogens is 402 g/mol. The van der Waals surface area contributed by atoms with Gasteiger partial charge in [0.2, 0.25) is 5.91 Å². The minimum absolute atomic E-state index is 0.202. The van der Waals surface area contributed by atoms with Crippen molar-refractivity contribution in [3.63, 3.8) is 0 Å². The van der Waals surface area contributed by atoms with Gasteiger partial charge in [-0.15, -0.1) is 10.2 Å². The average molecular weight is 423 g/mol. The zero-order valence-electron chi connectivity index (χ0n) is 16.4. The Morgan fingerprint density at radius 1 is 1.10 bits per heavy atom. The second-order valence-corrected chi connectivity index (χ2v) is 7.78. The van der Waals surface area contributed by atoms with Crippen molar-refractivity contribution in [2.24, 2.45) is 0 Å². The molecule has 154 valence electrons. The summed E-state index contributed by atoms with van der Waals surface area (Å²) in [6.07, 6.45) is 0.595. The van der Waals surface area contributed by atoms with Gasteiger partial charge in [0, 0.05) is 30.3 Å². The number of amides is 3. The lowest BCUT2D eigenvalue weighted by Crippen LogP contribution is -2.53. The Morgan fingerprint density at radius 2 is 1.87 bits per heavy atom. The SMILES string of the molecule is COc1ccc(-n2c(CC3CC(=O)NC(=O)N3)nnc2SCc2ccccc2)cc1. The van der Waals surface area contributed by atoms with Crippen LogP contribution in [0.1, 0.15) is 17.8 Å². The number of thioether (sulfide) groups is 1. The summed E-state index contributed by atoms with van der Waals surface area (Å²) < 4.78 is 7.22. The zero-order valence-corrected chi connectivity index (χ0v) is 17.2. The molecular formula is C21H21N5O3S. The quantitative estimate of drug-likeness (QED) is 0.567. The number of urea groups is 1. The maximum absolute atomic E-state index is 11.7. The molecule has 1 aliphatic heterocycles. The highest BCUT2D eigenvalue weighted by Crippen LogP contribution is 2.27. The largest absolute Gasteiger partial charge is 0.497 e. The molecule has 0 bridgehead atoms. The van der Waals surface area contributed by atoms with Crippen LogP contribution in [0, 0.1) is 0 Å². The summed E-state index contributed by atoms with van der Waals surface area (Å²) in [5, 5.41) is 14.5. The Hall–Kier alpha value is -3.33. The Bertz CT molecular complexity index is 1020. The summed E-state index contributed by atoms with van der Waals surface area (Å²) in [6, 6.07) is 16.9. The van der Waals surface area contributed by atoms with E-state index in [9.17, 15) is 9.59 Å². The predicted molar refractivity (Wildman–Crippen MR) is 113 cm³/mol. The maximum Gasteiger partial charge on any atom is 0.321 e. The van der Waals surface area contributed by atoms with Gasteiger partial charge in [-0.05, 0) is 29.8 Å². The van der Waals surface area contributed by atoms with Gasteiger partial charge < -0.3 is 10.1 Å². The molecule has 0 radical (unpaired) electrons. The van der Waals surface area contributed by atoms with E-state index in [0.717, 1.165) is 22.3 Å². The highest BCUT2D eigenvalue weighted by molar-refractivity contribution is 7.98. The normalized spacial score (nSPS) is 16.1. The summed E-state index contributed by atoms with van der Waals surface area (Å²) in [7, 11) is 1.62. The molecule has 2 heterocycles. The molecule has 30 heavy (non-hydrogen) atoms. The van der Waals surface area contributed by atoms with Gasteiger partial charge in [-0.2, -0.15) is 0 Å². The second kappa shape index (κ2) is 9.00. The molecule has 0 aliphatic carbocycles. The van der Waals surface area contributed by atoms with Crippen LogP contribution in [0.4, 0.5) is 4.79 Å². The van der Waals surface area contributed by atoms with Gasteiger partial charge in [0.15, 0.2) is 5.16 Å². The molecule has 1 fully saturated rings. The first kappa shape index (κ1) is 20.0. The molecule has 3 aromatic rings. The minimum Gasteiger partial charge on any atom is -0.497 e. The monoisotopic (exact) mass is 423 g/mol. The molecule has 0 saturated carbocycles. The summed E-state index contributed by atoms with van der Waals surface area (Å²) in [5.74, 6) is 1.88. The molecule has 2 N–H and O–H groups in total. The van der Waals surface area contributed by atoms with E-state index in [-0.39, 0.29) is 18.4 Å². The lowest BCUT2D eigenvalue weighted by molar-refractivity contribution is -0.121. The lowest BCUT2D eigenvalue weighted by Gasteiger charge is -2.23. The molecule has 0 spiro atoms. The summed E-state index contributed by atoms with van der Waals surface area (Å²) in [6.45, 7) is 0. The van der Waals surface area contributed by atoms with Crippen LogP contribution in [0.25, 0.3) is 5.69 Å². The number of hydrogen-bond donors (Lipinski definition) is 2. The van der Waals surface area contributed by atoms with Gasteiger partial charge in [-0.1, -0.05) is 42.1 Å². The van der Waals surface area contributed by atoms with Crippen LogP contribution >= 0.6 is 11.8 Å². The third-order valence-electron chi connectivity index (χ3n) is 4.69. The number of aromatic nitrogens is 3. The molecule has 1 unspecified atom stereocenters. The van der Waals surface area contributed by atoms with Crippen molar-refractivity contribution in [3.8, 4) is 11.4 Å². The first-order chi connectivity index (χ1) is 14.6. The van der Waals surface area contributed by atoms with E-state index in [1.165, 1.54) is 5.56 Å². The van der Waals surface area contributed by atoms with Crippen molar-refractivity contribution in [1.29, 1.82) is 0 Å². The third kappa shape index (κ3) is 4.62. The Balaban J connectivity index is 1.62. The van der Waals surface area contributed by atoms with E-state index < -0.39 is 6.03 Å². The summed E-state index contributed by atoms with van der Waals surface area (Å²) in [5.41, 5.74) is 2.07. The number of imide groups is 1. The molecule has 1 saturated heterocycles. The van der Waals surface area contributed by atoms with E-state index in [4.69, 9.17) is 4.74 Å². The van der Waals surface area contributed by atoms with Crippen molar-refractivity contribution >= 4 is 23.7 Å². The number of hydrogen-bond acceptors (Lipinski definition) is 6. The average Bonchev–Trinajstić information content (AvgIpc) is 3.14. The van der Waals surface area contributed by atoms with Crippen LogP contribution in [0.3, 0.4) is 0 Å². The van der Waals surface area contributed by atoms with E-state index in [2.05, 4.69) is 33.0 Å². The highest BCUT2D eigenvalue weighted by Gasteiger charge is 2.26. The fourth-order valence-electron chi connectivity index (χ4n) is 3.26. The van der Waals surface area contributed by atoms with Crippen LogP contribution in [-0.4, -0.2) is 39.9 Å². The fraction of sp³-hybridized carbons (Fsp3) is 0.238. The van der Waals surface area contributed by atoms with Gasteiger partial charge in [-0.3, -0.25) is 14.7 Å². The van der Waals surface area contributed by atoms with E-state index in [0.29, 0.717) is 12.2 Å². The summed E-state index contributed by atoms with van der Waals surface area (Å²) >= 11 is 1.58. The van der Waals surface area contributed by atoms with E-state index in [1.807, 2.05) is 47.0 Å². The van der Waals surface area contributed by atoms with Crippen LogP contribution in [0.15, 0.2) is 59.8 Å². The van der Waals surface area contributed by atoms with Gasteiger partial charge in [0.1, 0.15) is 11.6 Å². The molecule has 1 atom stereocenters. The minimum atomic E-state index is -0.481. The number of nitrogens with zero attached hydrogens (tertiary/aromatic N) is 3. The number of rotatable bonds is 7. The molecule has 8 nitrogen and oxygen atoms in total. The Morgan fingerprint density at radius 3 is 2.57 bits per heavy atom. The van der Waals surface area contributed by atoms with E-state index in [1.54, 1.807) is 18.9 Å². The second-order valence-electron chi connectivity index (χ2n) is 6.83. The smallest absolute Gasteiger partial charge is 0.321 e. The van der Waals surface area contributed by atoms with Crippen molar-refractivity contribution in [1.82, 2.24) is 25.4 Å². The maximum atomic E-state index is 11.7. The fourth-order valence-corrected chi connectivity index (χ4v) is 4.18. The number of benzene rings is 2. The molecule has 3 amide bonds. The Kier molecular flexibility index (Phi) is 5.99. The third-order valence-corrected chi connectivity index (χ3v) is 5.69. The van der Waals surface area contributed by atoms with E-state index >= 15 is 0 Å². The van der Waals surface area contributed by atoms with Crippen LogP contribution in [0.2, 0.25) is 0 Å².